The Hall–Kier alpha value is -0.450. The maximum absolute atomic E-state index is 5.42. The molecule has 0 amide bonds. The van der Waals surface area contributed by atoms with Gasteiger partial charge >= 0.3 is 0 Å². The zero-order valence-corrected chi connectivity index (χ0v) is 8.99. The predicted molar refractivity (Wildman–Crippen MR) is 55.1 cm³/mol. The van der Waals surface area contributed by atoms with Crippen molar-refractivity contribution in [1.82, 2.24) is 10.3 Å². The van der Waals surface area contributed by atoms with Crippen LogP contribution in [0.3, 0.4) is 0 Å². The van der Waals surface area contributed by atoms with Gasteiger partial charge in [-0.25, -0.2) is 4.98 Å². The normalized spacial score (nSPS) is 10.6. The first-order chi connectivity index (χ1) is 6.33. The summed E-state index contributed by atoms with van der Waals surface area (Å²) in [6.07, 6.45) is 0. The van der Waals surface area contributed by atoms with Gasteiger partial charge in [0, 0.05) is 11.9 Å². The van der Waals surface area contributed by atoms with Gasteiger partial charge in [-0.15, -0.1) is 11.3 Å². The summed E-state index contributed by atoms with van der Waals surface area (Å²) >= 11 is 1.67. The van der Waals surface area contributed by atoms with Crippen molar-refractivity contribution in [2.75, 3.05) is 19.7 Å². The molecular formula is C9H16N2OS. The van der Waals surface area contributed by atoms with Crippen molar-refractivity contribution in [1.29, 1.82) is 0 Å². The Bertz CT molecular complexity index is 237. The molecule has 13 heavy (non-hydrogen) atoms. The smallest absolute Gasteiger partial charge is 0.0898 e. The van der Waals surface area contributed by atoms with E-state index in [0.717, 1.165) is 30.4 Å². The van der Waals surface area contributed by atoms with E-state index >= 15 is 0 Å². The Kier molecular flexibility index (Phi) is 4.97. The zero-order chi connectivity index (χ0) is 9.52. The molecule has 1 N–H and O–H groups in total. The lowest BCUT2D eigenvalue weighted by Gasteiger charge is -2.01. The topological polar surface area (TPSA) is 34.1 Å². The Morgan fingerprint density at radius 3 is 3.08 bits per heavy atom. The van der Waals surface area contributed by atoms with E-state index in [2.05, 4.69) is 17.2 Å². The fourth-order valence-corrected chi connectivity index (χ4v) is 1.57. The van der Waals surface area contributed by atoms with Crippen LogP contribution in [0.25, 0.3) is 0 Å². The number of hydrogen-bond acceptors (Lipinski definition) is 4. The molecule has 1 heterocycles. The second-order valence-corrected chi connectivity index (χ2v) is 3.83. The third-order valence-corrected chi connectivity index (χ3v) is 2.41. The molecule has 0 aliphatic heterocycles. The van der Waals surface area contributed by atoms with Crippen molar-refractivity contribution in [3.63, 3.8) is 0 Å². The van der Waals surface area contributed by atoms with Crippen LogP contribution < -0.4 is 5.32 Å². The van der Waals surface area contributed by atoms with Crippen LogP contribution in [0.5, 0.6) is 0 Å². The molecule has 0 unspecified atom stereocenters. The molecule has 0 radical (unpaired) electrons. The molecule has 0 bridgehead atoms. The van der Waals surface area contributed by atoms with Gasteiger partial charge in [0.1, 0.15) is 0 Å². The molecule has 0 aliphatic carbocycles. The van der Waals surface area contributed by atoms with Crippen LogP contribution in [-0.2, 0) is 11.3 Å². The molecule has 3 nitrogen and oxygen atoms in total. The molecule has 0 saturated heterocycles. The minimum atomic E-state index is 0.635. The summed E-state index contributed by atoms with van der Waals surface area (Å²) in [5.74, 6) is 0. The maximum Gasteiger partial charge on any atom is 0.0898 e. The number of nitrogens with one attached hydrogen (secondary N) is 1. The second kappa shape index (κ2) is 6.07. The Morgan fingerprint density at radius 1 is 1.62 bits per heavy atom. The van der Waals surface area contributed by atoms with Crippen LogP contribution in [0.2, 0.25) is 0 Å². The first-order valence-electron chi connectivity index (χ1n) is 4.52. The number of aromatic nitrogens is 1. The summed E-state index contributed by atoms with van der Waals surface area (Å²) in [6, 6.07) is 0. The highest BCUT2D eigenvalue weighted by atomic mass is 32.1. The van der Waals surface area contributed by atoms with Gasteiger partial charge < -0.3 is 10.1 Å². The van der Waals surface area contributed by atoms with E-state index in [4.69, 9.17) is 4.74 Å². The molecule has 0 spiro atoms. The monoisotopic (exact) mass is 200 g/mol. The van der Waals surface area contributed by atoms with E-state index in [9.17, 15) is 0 Å². The maximum atomic E-state index is 5.42. The third-order valence-electron chi connectivity index (χ3n) is 1.59. The molecule has 0 saturated carbocycles. The molecule has 74 valence electrons. The van der Waals surface area contributed by atoms with E-state index in [1.807, 2.05) is 12.3 Å². The van der Waals surface area contributed by atoms with Crippen molar-refractivity contribution in [2.45, 2.75) is 20.5 Å². The van der Waals surface area contributed by atoms with Crippen LogP contribution in [0.1, 0.15) is 17.6 Å². The van der Waals surface area contributed by atoms with E-state index < -0.39 is 0 Å². The van der Waals surface area contributed by atoms with E-state index in [1.165, 1.54) is 0 Å². The highest BCUT2D eigenvalue weighted by Crippen LogP contribution is 2.08. The van der Waals surface area contributed by atoms with Crippen molar-refractivity contribution < 1.29 is 4.74 Å². The minimum Gasteiger partial charge on any atom is -0.374 e. The van der Waals surface area contributed by atoms with Gasteiger partial charge in [-0.1, -0.05) is 6.92 Å². The van der Waals surface area contributed by atoms with Crippen LogP contribution in [-0.4, -0.2) is 24.7 Å². The van der Waals surface area contributed by atoms with Gasteiger partial charge in [0.2, 0.25) is 0 Å². The van der Waals surface area contributed by atoms with Gasteiger partial charge in [-0.05, 0) is 13.5 Å². The number of thiazole rings is 1. The summed E-state index contributed by atoms with van der Waals surface area (Å²) in [7, 11) is 0. The predicted octanol–water partition coefficient (Wildman–Crippen LogP) is 1.58. The minimum absolute atomic E-state index is 0.635. The lowest BCUT2D eigenvalue weighted by molar-refractivity contribution is 0.121. The van der Waals surface area contributed by atoms with Crippen LogP contribution in [0.4, 0.5) is 0 Å². The largest absolute Gasteiger partial charge is 0.374 e. The van der Waals surface area contributed by atoms with E-state index in [1.54, 1.807) is 11.3 Å². The summed E-state index contributed by atoms with van der Waals surface area (Å²) in [4.78, 5) is 4.30. The molecular weight excluding hydrogens is 184 g/mol. The summed E-state index contributed by atoms with van der Waals surface area (Å²) in [5, 5.41) is 6.34. The molecule has 0 fully saturated rings. The number of ether oxygens (including phenoxy) is 1. The van der Waals surface area contributed by atoms with Crippen molar-refractivity contribution in [3.05, 3.63) is 16.1 Å². The standard InChI is InChI=1S/C9H16N2OS/c1-3-10-4-5-12-6-9-7-13-8(2)11-9/h7,10H,3-6H2,1-2H3. The molecule has 0 atom stereocenters. The summed E-state index contributed by atoms with van der Waals surface area (Å²) in [5.41, 5.74) is 1.04. The van der Waals surface area contributed by atoms with Gasteiger partial charge in [0.05, 0.1) is 23.9 Å². The summed E-state index contributed by atoms with van der Waals surface area (Å²) in [6.45, 7) is 7.40. The van der Waals surface area contributed by atoms with E-state index in [0.29, 0.717) is 6.61 Å². The van der Waals surface area contributed by atoms with E-state index in [-0.39, 0.29) is 0 Å². The average molecular weight is 200 g/mol. The molecule has 0 aromatic carbocycles. The number of nitrogens with zero attached hydrogens (tertiary/aromatic N) is 1. The van der Waals surface area contributed by atoms with Gasteiger partial charge in [0.15, 0.2) is 0 Å². The fraction of sp³-hybridized carbons (Fsp3) is 0.667. The number of aryl methyl sites for hydroxylation is 1. The fourth-order valence-electron chi connectivity index (χ4n) is 0.972. The zero-order valence-electron chi connectivity index (χ0n) is 8.17. The Labute approximate surface area is 83.1 Å². The Balaban J connectivity index is 2.06. The number of hydrogen-bond donors (Lipinski definition) is 1. The highest BCUT2D eigenvalue weighted by molar-refractivity contribution is 7.09. The van der Waals surface area contributed by atoms with Crippen molar-refractivity contribution in [2.24, 2.45) is 0 Å². The third kappa shape index (κ3) is 4.36. The first-order valence-corrected chi connectivity index (χ1v) is 5.40. The second-order valence-electron chi connectivity index (χ2n) is 2.76. The lowest BCUT2D eigenvalue weighted by atomic mass is 10.5. The molecule has 1 rings (SSSR count). The SMILES string of the molecule is CCNCCOCc1csc(C)n1. The quantitative estimate of drug-likeness (QED) is 0.708. The summed E-state index contributed by atoms with van der Waals surface area (Å²) < 4.78 is 5.42. The molecule has 1 aromatic heterocycles. The van der Waals surface area contributed by atoms with Crippen molar-refractivity contribution in [3.8, 4) is 0 Å². The Morgan fingerprint density at radius 2 is 2.46 bits per heavy atom. The van der Waals surface area contributed by atoms with Gasteiger partial charge in [-0.2, -0.15) is 0 Å². The van der Waals surface area contributed by atoms with Crippen LogP contribution in [0.15, 0.2) is 5.38 Å². The lowest BCUT2D eigenvalue weighted by Crippen LogP contribution is -2.18. The molecule has 0 aliphatic rings. The first kappa shape index (κ1) is 10.6. The highest BCUT2D eigenvalue weighted by Gasteiger charge is 1.97. The van der Waals surface area contributed by atoms with Crippen molar-refractivity contribution >= 4 is 11.3 Å². The molecule has 1 aromatic rings. The van der Waals surface area contributed by atoms with Gasteiger partial charge in [0.25, 0.3) is 0 Å². The molecule has 4 heteroatoms. The number of rotatable bonds is 6. The van der Waals surface area contributed by atoms with Crippen LogP contribution in [0, 0.1) is 6.92 Å². The van der Waals surface area contributed by atoms with Gasteiger partial charge in [-0.3, -0.25) is 0 Å². The average Bonchev–Trinajstić information content (AvgIpc) is 2.51. The van der Waals surface area contributed by atoms with Crippen LogP contribution >= 0.6 is 11.3 Å². The number of likely N-dealkylation sites (N-methyl/N-ethyl adjacent to an activating group) is 1.